The molecule has 0 rings (SSSR count). The van der Waals surface area contributed by atoms with Crippen LogP contribution in [-0.4, -0.2) is 23.0 Å². The predicted octanol–water partition coefficient (Wildman–Crippen LogP) is 1.02. The molecule has 1 amide bonds. The number of carbonyl (C=O) groups is 2. The van der Waals surface area contributed by atoms with E-state index in [0.717, 1.165) is 0 Å². The van der Waals surface area contributed by atoms with Crippen molar-refractivity contribution >= 4 is 11.9 Å². The lowest BCUT2D eigenvalue weighted by atomic mass is 10.0. The first-order valence-electron chi connectivity index (χ1n) is 5.03. The van der Waals surface area contributed by atoms with Crippen LogP contribution < -0.4 is 5.32 Å². The van der Waals surface area contributed by atoms with E-state index >= 15 is 0 Å². The summed E-state index contributed by atoms with van der Waals surface area (Å²) in [5.41, 5.74) is 0. The van der Waals surface area contributed by atoms with E-state index in [4.69, 9.17) is 11.5 Å². The van der Waals surface area contributed by atoms with Crippen molar-refractivity contribution in [2.24, 2.45) is 5.92 Å². The molecule has 0 heterocycles. The fourth-order valence-corrected chi connectivity index (χ4v) is 1.27. The van der Waals surface area contributed by atoms with Crippen LogP contribution in [0.5, 0.6) is 0 Å². The molecule has 1 unspecified atom stereocenters. The summed E-state index contributed by atoms with van der Waals surface area (Å²) >= 11 is 0. The number of carboxylic acids is 1. The fourth-order valence-electron chi connectivity index (χ4n) is 1.27. The zero-order chi connectivity index (χ0) is 11.8. The zero-order valence-corrected chi connectivity index (χ0v) is 9.12. The SMILES string of the molecule is C#CCC(NC(=O)C(CC)CC)C(=O)O. The maximum atomic E-state index is 11.6. The van der Waals surface area contributed by atoms with Crippen molar-refractivity contribution in [3.63, 3.8) is 0 Å². The largest absolute Gasteiger partial charge is 0.480 e. The van der Waals surface area contributed by atoms with Gasteiger partial charge in [0.1, 0.15) is 6.04 Å². The van der Waals surface area contributed by atoms with Gasteiger partial charge in [-0.05, 0) is 12.8 Å². The second kappa shape index (κ2) is 6.88. The third-order valence-electron chi connectivity index (χ3n) is 2.29. The van der Waals surface area contributed by atoms with Gasteiger partial charge in [-0.2, -0.15) is 0 Å². The fraction of sp³-hybridized carbons (Fsp3) is 0.636. The molecule has 0 fully saturated rings. The van der Waals surface area contributed by atoms with Gasteiger partial charge in [-0.15, -0.1) is 12.3 Å². The van der Waals surface area contributed by atoms with Crippen molar-refractivity contribution in [1.82, 2.24) is 5.32 Å². The van der Waals surface area contributed by atoms with E-state index in [1.54, 1.807) is 0 Å². The normalized spacial score (nSPS) is 11.9. The van der Waals surface area contributed by atoms with Crippen LogP contribution >= 0.6 is 0 Å². The number of aliphatic carboxylic acids is 1. The van der Waals surface area contributed by atoms with E-state index in [1.165, 1.54) is 0 Å². The van der Waals surface area contributed by atoms with Gasteiger partial charge in [-0.3, -0.25) is 4.79 Å². The van der Waals surface area contributed by atoms with Gasteiger partial charge in [-0.25, -0.2) is 4.79 Å². The topological polar surface area (TPSA) is 66.4 Å². The van der Waals surface area contributed by atoms with Crippen LogP contribution in [0.3, 0.4) is 0 Å². The Morgan fingerprint density at radius 2 is 1.93 bits per heavy atom. The minimum Gasteiger partial charge on any atom is -0.480 e. The van der Waals surface area contributed by atoms with Crippen LogP contribution in [0.15, 0.2) is 0 Å². The Balaban J connectivity index is 4.35. The second-order valence-electron chi connectivity index (χ2n) is 3.32. The summed E-state index contributed by atoms with van der Waals surface area (Å²) in [7, 11) is 0. The predicted molar refractivity (Wildman–Crippen MR) is 57.1 cm³/mol. The molecule has 0 aliphatic carbocycles. The number of hydrogen-bond acceptors (Lipinski definition) is 2. The van der Waals surface area contributed by atoms with Crippen molar-refractivity contribution in [3.05, 3.63) is 0 Å². The van der Waals surface area contributed by atoms with Gasteiger partial charge in [0.2, 0.25) is 5.91 Å². The van der Waals surface area contributed by atoms with Gasteiger partial charge in [0, 0.05) is 12.3 Å². The van der Waals surface area contributed by atoms with Crippen molar-refractivity contribution in [2.45, 2.75) is 39.2 Å². The summed E-state index contributed by atoms with van der Waals surface area (Å²) in [6.45, 7) is 3.79. The first-order valence-corrected chi connectivity index (χ1v) is 5.03. The van der Waals surface area contributed by atoms with Gasteiger partial charge in [0.05, 0.1) is 0 Å². The average Bonchev–Trinajstić information content (AvgIpc) is 2.18. The zero-order valence-electron chi connectivity index (χ0n) is 9.12. The molecule has 0 aliphatic heterocycles. The van der Waals surface area contributed by atoms with E-state index in [-0.39, 0.29) is 18.2 Å². The van der Waals surface area contributed by atoms with Crippen LogP contribution in [0.2, 0.25) is 0 Å². The number of rotatable bonds is 6. The molecule has 0 aromatic heterocycles. The molecule has 0 aromatic carbocycles. The summed E-state index contributed by atoms with van der Waals surface area (Å²) in [4.78, 5) is 22.3. The van der Waals surface area contributed by atoms with Crippen LogP contribution in [0.4, 0.5) is 0 Å². The highest BCUT2D eigenvalue weighted by molar-refractivity contribution is 5.85. The minimum absolute atomic E-state index is 0.0151. The standard InChI is InChI=1S/C11H17NO3/c1-4-7-9(11(14)15)12-10(13)8(5-2)6-3/h1,8-9H,5-7H2,2-3H3,(H,12,13)(H,14,15). The molecule has 0 saturated heterocycles. The Morgan fingerprint density at radius 1 is 1.40 bits per heavy atom. The van der Waals surface area contributed by atoms with Crippen LogP contribution in [0.1, 0.15) is 33.1 Å². The number of carboxylic acid groups (broad SMARTS) is 1. The Bertz CT molecular complexity index is 263. The molecule has 15 heavy (non-hydrogen) atoms. The number of amides is 1. The average molecular weight is 211 g/mol. The summed E-state index contributed by atoms with van der Waals surface area (Å²) in [6.07, 6.45) is 6.43. The van der Waals surface area contributed by atoms with E-state index < -0.39 is 12.0 Å². The molecule has 0 saturated carbocycles. The van der Waals surface area contributed by atoms with E-state index in [2.05, 4.69) is 11.2 Å². The third-order valence-corrected chi connectivity index (χ3v) is 2.29. The molecular weight excluding hydrogens is 194 g/mol. The first-order chi connectivity index (χ1) is 7.06. The van der Waals surface area contributed by atoms with E-state index in [1.807, 2.05) is 13.8 Å². The maximum Gasteiger partial charge on any atom is 0.327 e. The Hall–Kier alpha value is -1.50. The summed E-state index contributed by atoms with van der Waals surface area (Å²) < 4.78 is 0. The lowest BCUT2D eigenvalue weighted by Gasteiger charge is -2.16. The van der Waals surface area contributed by atoms with Crippen LogP contribution in [0, 0.1) is 18.3 Å². The molecular formula is C11H17NO3. The van der Waals surface area contributed by atoms with Gasteiger partial charge in [-0.1, -0.05) is 13.8 Å². The molecule has 4 nitrogen and oxygen atoms in total. The Kier molecular flexibility index (Phi) is 6.19. The lowest BCUT2D eigenvalue weighted by Crippen LogP contribution is -2.43. The molecule has 2 N–H and O–H groups in total. The number of terminal acetylenes is 1. The molecule has 0 spiro atoms. The smallest absolute Gasteiger partial charge is 0.327 e. The van der Waals surface area contributed by atoms with Crippen molar-refractivity contribution in [1.29, 1.82) is 0 Å². The van der Waals surface area contributed by atoms with Crippen LogP contribution in [0.25, 0.3) is 0 Å². The van der Waals surface area contributed by atoms with Gasteiger partial charge < -0.3 is 10.4 Å². The molecule has 0 aliphatic rings. The first kappa shape index (κ1) is 13.5. The second-order valence-corrected chi connectivity index (χ2v) is 3.32. The number of hydrogen-bond donors (Lipinski definition) is 2. The van der Waals surface area contributed by atoms with Crippen molar-refractivity contribution in [3.8, 4) is 12.3 Å². The molecule has 0 bridgehead atoms. The highest BCUT2D eigenvalue weighted by atomic mass is 16.4. The monoisotopic (exact) mass is 211 g/mol. The lowest BCUT2D eigenvalue weighted by molar-refractivity contribution is -0.142. The van der Waals surface area contributed by atoms with E-state index in [9.17, 15) is 9.59 Å². The Labute approximate surface area is 90.1 Å². The maximum absolute atomic E-state index is 11.6. The van der Waals surface area contributed by atoms with Crippen molar-refractivity contribution in [2.75, 3.05) is 0 Å². The molecule has 0 aromatic rings. The molecule has 0 radical (unpaired) electrons. The van der Waals surface area contributed by atoms with Gasteiger partial charge >= 0.3 is 5.97 Å². The number of nitrogens with one attached hydrogen (secondary N) is 1. The quantitative estimate of drug-likeness (QED) is 0.644. The number of carbonyl (C=O) groups excluding carboxylic acids is 1. The van der Waals surface area contributed by atoms with Crippen LogP contribution in [-0.2, 0) is 9.59 Å². The summed E-state index contributed by atoms with van der Waals surface area (Å²) in [6, 6.07) is -0.969. The Morgan fingerprint density at radius 3 is 2.27 bits per heavy atom. The highest BCUT2D eigenvalue weighted by Crippen LogP contribution is 2.08. The minimum atomic E-state index is -1.09. The van der Waals surface area contributed by atoms with Gasteiger partial charge in [0.15, 0.2) is 0 Å². The molecule has 1 atom stereocenters. The summed E-state index contributed by atoms with van der Waals surface area (Å²) in [5.74, 6) is 0.775. The highest BCUT2D eigenvalue weighted by Gasteiger charge is 2.22. The van der Waals surface area contributed by atoms with Crippen molar-refractivity contribution < 1.29 is 14.7 Å². The third kappa shape index (κ3) is 4.50. The van der Waals surface area contributed by atoms with E-state index in [0.29, 0.717) is 12.8 Å². The molecule has 4 heteroatoms. The van der Waals surface area contributed by atoms with Gasteiger partial charge in [0.25, 0.3) is 0 Å². The molecule has 84 valence electrons. The summed E-state index contributed by atoms with van der Waals surface area (Å²) in [5, 5.41) is 11.2.